The molecule has 0 saturated carbocycles. The van der Waals surface area contributed by atoms with Gasteiger partial charge in [-0.15, -0.1) is 0 Å². The van der Waals surface area contributed by atoms with Crippen LogP contribution in [-0.4, -0.2) is 23.8 Å². The van der Waals surface area contributed by atoms with Crippen molar-refractivity contribution in [3.63, 3.8) is 0 Å². The van der Waals surface area contributed by atoms with E-state index in [1.807, 2.05) is 44.2 Å². The van der Waals surface area contributed by atoms with Gasteiger partial charge in [-0.05, 0) is 53.8 Å². The Morgan fingerprint density at radius 3 is 2.34 bits per heavy atom. The van der Waals surface area contributed by atoms with Crippen molar-refractivity contribution in [3.8, 4) is 0 Å². The molecule has 35 heavy (non-hydrogen) atoms. The van der Waals surface area contributed by atoms with Crippen molar-refractivity contribution < 1.29 is 23.5 Å². The van der Waals surface area contributed by atoms with Crippen molar-refractivity contribution in [3.05, 3.63) is 101 Å². The predicted molar refractivity (Wildman–Crippen MR) is 133 cm³/mol. The van der Waals surface area contributed by atoms with Crippen LogP contribution in [0.3, 0.4) is 0 Å². The topological polar surface area (TPSA) is 97.6 Å². The number of ether oxygens (including phenoxy) is 1. The van der Waals surface area contributed by atoms with E-state index in [1.54, 1.807) is 30.3 Å². The third kappa shape index (κ3) is 8.15. The zero-order chi connectivity index (χ0) is 25.2. The van der Waals surface area contributed by atoms with Gasteiger partial charge in [0.2, 0.25) is 0 Å². The molecule has 2 aromatic carbocycles. The molecule has 7 nitrogen and oxygen atoms in total. The van der Waals surface area contributed by atoms with Crippen LogP contribution >= 0.6 is 11.6 Å². The summed E-state index contributed by atoms with van der Waals surface area (Å²) in [5.41, 5.74) is 1.41. The molecular weight excluding hydrogens is 468 g/mol. The molecule has 2 N–H and O–H groups in total. The molecule has 8 heteroatoms. The molecule has 0 unspecified atom stereocenters. The summed E-state index contributed by atoms with van der Waals surface area (Å²) < 4.78 is 10.6. The van der Waals surface area contributed by atoms with Crippen LogP contribution in [0.4, 0.5) is 0 Å². The predicted octanol–water partition coefficient (Wildman–Crippen LogP) is 4.98. The van der Waals surface area contributed by atoms with Gasteiger partial charge in [0.15, 0.2) is 5.76 Å². The highest BCUT2D eigenvalue weighted by atomic mass is 35.5. The lowest BCUT2D eigenvalue weighted by atomic mass is 10.0. The van der Waals surface area contributed by atoms with E-state index in [0.717, 1.165) is 5.56 Å². The highest BCUT2D eigenvalue weighted by Crippen LogP contribution is 2.14. The Hall–Kier alpha value is -3.84. The number of esters is 1. The quantitative estimate of drug-likeness (QED) is 0.306. The lowest BCUT2D eigenvalue weighted by molar-refractivity contribution is -0.149. The number of carbonyl (C=O) groups is 3. The zero-order valence-electron chi connectivity index (χ0n) is 19.5. The standard InChI is InChI=1S/C27H27ClN2O5/c1-18(2)15-23(27(33)35-17-20-7-4-3-5-8-20)30-25(31)22(16-19-10-12-21(28)13-11-19)29-26(32)24-9-6-14-34-24/h3-14,16,18,23H,15,17H2,1-2H3,(H,29,32)(H,30,31)/b22-16-/t23-/m1/s1. The Labute approximate surface area is 209 Å². The van der Waals surface area contributed by atoms with Gasteiger partial charge in [0.25, 0.3) is 11.8 Å². The molecule has 1 heterocycles. The van der Waals surface area contributed by atoms with Gasteiger partial charge < -0.3 is 19.8 Å². The second-order valence-corrected chi connectivity index (χ2v) is 8.73. The smallest absolute Gasteiger partial charge is 0.328 e. The molecule has 0 aliphatic heterocycles. The monoisotopic (exact) mass is 494 g/mol. The number of amides is 2. The Bertz CT molecular complexity index is 1160. The molecule has 0 aliphatic carbocycles. The highest BCUT2D eigenvalue weighted by Gasteiger charge is 2.26. The lowest BCUT2D eigenvalue weighted by Gasteiger charge is -2.20. The van der Waals surface area contributed by atoms with Gasteiger partial charge in [-0.25, -0.2) is 4.79 Å². The summed E-state index contributed by atoms with van der Waals surface area (Å²) >= 11 is 5.96. The normalized spacial score (nSPS) is 12.2. The van der Waals surface area contributed by atoms with Crippen LogP contribution in [0.1, 0.15) is 41.9 Å². The van der Waals surface area contributed by atoms with Crippen LogP contribution < -0.4 is 10.6 Å². The van der Waals surface area contributed by atoms with Crippen LogP contribution in [0.5, 0.6) is 0 Å². The minimum atomic E-state index is -0.902. The third-order valence-electron chi connectivity index (χ3n) is 4.94. The van der Waals surface area contributed by atoms with E-state index < -0.39 is 23.8 Å². The van der Waals surface area contributed by atoms with Crippen LogP contribution in [0, 0.1) is 5.92 Å². The Balaban J connectivity index is 1.79. The van der Waals surface area contributed by atoms with Gasteiger partial charge >= 0.3 is 5.97 Å². The van der Waals surface area contributed by atoms with Crippen molar-refractivity contribution in [2.45, 2.75) is 32.9 Å². The van der Waals surface area contributed by atoms with Crippen LogP contribution in [0.25, 0.3) is 6.08 Å². The highest BCUT2D eigenvalue weighted by molar-refractivity contribution is 6.30. The number of hydrogen-bond acceptors (Lipinski definition) is 5. The van der Waals surface area contributed by atoms with Crippen molar-refractivity contribution in [1.82, 2.24) is 10.6 Å². The molecular formula is C27H27ClN2O5. The number of carbonyl (C=O) groups excluding carboxylic acids is 3. The van der Waals surface area contributed by atoms with Crippen molar-refractivity contribution in [2.75, 3.05) is 0 Å². The molecule has 0 aliphatic rings. The minimum Gasteiger partial charge on any atom is -0.459 e. The molecule has 0 radical (unpaired) electrons. The van der Waals surface area contributed by atoms with Gasteiger partial charge in [-0.2, -0.15) is 0 Å². The Morgan fingerprint density at radius 2 is 1.71 bits per heavy atom. The minimum absolute atomic E-state index is 0.0424. The van der Waals surface area contributed by atoms with Crippen LogP contribution in [0.2, 0.25) is 5.02 Å². The van der Waals surface area contributed by atoms with E-state index in [9.17, 15) is 14.4 Å². The Kier molecular flexibility index (Phi) is 9.26. The molecule has 3 aromatic rings. The summed E-state index contributed by atoms with van der Waals surface area (Å²) in [6.07, 6.45) is 3.22. The summed E-state index contributed by atoms with van der Waals surface area (Å²) in [4.78, 5) is 38.7. The first-order chi connectivity index (χ1) is 16.8. The maximum absolute atomic E-state index is 13.2. The van der Waals surface area contributed by atoms with E-state index in [1.165, 1.54) is 18.4 Å². The Morgan fingerprint density at radius 1 is 1.00 bits per heavy atom. The molecule has 1 aromatic heterocycles. The van der Waals surface area contributed by atoms with Gasteiger partial charge in [-0.1, -0.05) is 67.9 Å². The van der Waals surface area contributed by atoms with Crippen molar-refractivity contribution in [2.24, 2.45) is 5.92 Å². The van der Waals surface area contributed by atoms with Crippen molar-refractivity contribution >= 4 is 35.5 Å². The molecule has 182 valence electrons. The number of benzene rings is 2. The average molecular weight is 495 g/mol. The zero-order valence-corrected chi connectivity index (χ0v) is 20.2. The summed E-state index contributed by atoms with van der Waals surface area (Å²) in [5, 5.41) is 5.82. The average Bonchev–Trinajstić information content (AvgIpc) is 3.38. The van der Waals surface area contributed by atoms with Gasteiger partial charge in [-0.3, -0.25) is 9.59 Å². The maximum Gasteiger partial charge on any atom is 0.328 e. The first-order valence-corrected chi connectivity index (χ1v) is 11.5. The first-order valence-electron chi connectivity index (χ1n) is 11.2. The summed E-state index contributed by atoms with van der Waals surface area (Å²) in [7, 11) is 0. The van der Waals surface area contributed by atoms with Crippen LogP contribution in [0.15, 0.2) is 83.1 Å². The van der Waals surface area contributed by atoms with Gasteiger partial charge in [0.1, 0.15) is 18.3 Å². The van der Waals surface area contributed by atoms with Gasteiger partial charge in [0.05, 0.1) is 6.26 Å². The van der Waals surface area contributed by atoms with Gasteiger partial charge in [0, 0.05) is 5.02 Å². The number of halogens is 1. The molecule has 0 fully saturated rings. The van der Waals surface area contributed by atoms with E-state index in [-0.39, 0.29) is 24.0 Å². The number of rotatable bonds is 10. The second-order valence-electron chi connectivity index (χ2n) is 8.29. The fourth-order valence-electron chi connectivity index (χ4n) is 3.23. The van der Waals surface area contributed by atoms with E-state index in [4.69, 9.17) is 20.8 Å². The lowest BCUT2D eigenvalue weighted by Crippen LogP contribution is -2.45. The molecule has 2 amide bonds. The second kappa shape index (κ2) is 12.6. The fourth-order valence-corrected chi connectivity index (χ4v) is 3.35. The SMILES string of the molecule is CC(C)C[C@@H](NC(=O)/C(=C/c1ccc(Cl)cc1)NC(=O)c1ccco1)C(=O)OCc1ccccc1. The number of nitrogens with one attached hydrogen (secondary N) is 2. The van der Waals surface area contributed by atoms with E-state index in [0.29, 0.717) is 17.0 Å². The maximum atomic E-state index is 13.2. The van der Waals surface area contributed by atoms with Crippen molar-refractivity contribution in [1.29, 1.82) is 0 Å². The first kappa shape index (κ1) is 25.8. The third-order valence-corrected chi connectivity index (χ3v) is 5.19. The largest absolute Gasteiger partial charge is 0.459 e. The molecule has 3 rings (SSSR count). The number of hydrogen-bond donors (Lipinski definition) is 2. The fraction of sp³-hybridized carbons (Fsp3) is 0.222. The summed E-state index contributed by atoms with van der Waals surface area (Å²) in [5.74, 6) is -1.65. The number of furan rings is 1. The summed E-state index contributed by atoms with van der Waals surface area (Å²) in [6.45, 7) is 3.96. The van der Waals surface area contributed by atoms with E-state index >= 15 is 0 Å². The molecule has 0 spiro atoms. The molecule has 0 saturated heterocycles. The van der Waals surface area contributed by atoms with E-state index in [2.05, 4.69) is 10.6 Å². The summed E-state index contributed by atoms with van der Waals surface area (Å²) in [6, 6.07) is 18.2. The molecule has 1 atom stereocenters. The van der Waals surface area contributed by atoms with Crippen LogP contribution in [-0.2, 0) is 20.9 Å². The molecule has 0 bridgehead atoms.